The largest absolute Gasteiger partial charge is 0.312 e. The summed E-state index contributed by atoms with van der Waals surface area (Å²) in [6, 6.07) is 5.24. The van der Waals surface area contributed by atoms with E-state index in [-0.39, 0.29) is 6.04 Å². The molecular formula is C13H18N2O2S3. The van der Waals surface area contributed by atoms with Crippen molar-refractivity contribution < 1.29 is 8.42 Å². The Hall–Kier alpha value is -0.730. The van der Waals surface area contributed by atoms with Crippen LogP contribution in [0.25, 0.3) is 0 Å². The topological polar surface area (TPSA) is 58.2 Å². The SMILES string of the molecule is CCNCc1ccc(S(=O)(=O)NC(C)c2ccsc2)s1. The molecule has 0 saturated heterocycles. The first-order chi connectivity index (χ1) is 9.53. The number of hydrogen-bond acceptors (Lipinski definition) is 5. The van der Waals surface area contributed by atoms with Crippen molar-refractivity contribution in [1.29, 1.82) is 0 Å². The summed E-state index contributed by atoms with van der Waals surface area (Å²) in [4.78, 5) is 1.02. The lowest BCUT2D eigenvalue weighted by Crippen LogP contribution is -2.25. The lowest BCUT2D eigenvalue weighted by Gasteiger charge is -2.11. The summed E-state index contributed by atoms with van der Waals surface area (Å²) in [6.45, 7) is 5.45. The molecule has 7 heteroatoms. The Balaban J connectivity index is 2.08. The molecule has 2 heterocycles. The van der Waals surface area contributed by atoms with Gasteiger partial charge in [0.2, 0.25) is 0 Å². The first-order valence-corrected chi connectivity index (χ1v) is 9.61. The standard InChI is InChI=1S/C13H18N2O2S3/c1-3-14-8-12-4-5-13(19-12)20(16,17)15-10(2)11-6-7-18-9-11/h4-7,9-10,14-15H,3,8H2,1-2H3. The highest BCUT2D eigenvalue weighted by Crippen LogP contribution is 2.24. The van der Waals surface area contributed by atoms with Gasteiger partial charge in [0.1, 0.15) is 4.21 Å². The van der Waals surface area contributed by atoms with Crippen molar-refractivity contribution in [2.75, 3.05) is 6.54 Å². The van der Waals surface area contributed by atoms with Crippen LogP contribution in [0.15, 0.2) is 33.2 Å². The number of sulfonamides is 1. The molecule has 0 aliphatic carbocycles. The molecule has 2 aromatic rings. The first kappa shape index (κ1) is 15.7. The van der Waals surface area contributed by atoms with Gasteiger partial charge >= 0.3 is 0 Å². The number of rotatable bonds is 7. The van der Waals surface area contributed by atoms with Gasteiger partial charge in [0, 0.05) is 17.5 Å². The maximum absolute atomic E-state index is 12.3. The molecule has 2 N–H and O–H groups in total. The number of nitrogens with one attached hydrogen (secondary N) is 2. The summed E-state index contributed by atoms with van der Waals surface area (Å²) >= 11 is 2.87. The highest BCUT2D eigenvalue weighted by Gasteiger charge is 2.20. The fraction of sp³-hybridized carbons (Fsp3) is 0.385. The Kier molecular flexibility index (Phi) is 5.34. The minimum Gasteiger partial charge on any atom is -0.312 e. The van der Waals surface area contributed by atoms with Crippen LogP contribution in [0, 0.1) is 0 Å². The maximum atomic E-state index is 12.3. The van der Waals surface area contributed by atoms with E-state index in [2.05, 4.69) is 10.0 Å². The molecule has 0 aliphatic heterocycles. The third-order valence-corrected chi connectivity index (χ3v) is 6.65. The summed E-state index contributed by atoms with van der Waals surface area (Å²) in [6.07, 6.45) is 0. The highest BCUT2D eigenvalue weighted by atomic mass is 32.2. The van der Waals surface area contributed by atoms with E-state index in [1.165, 1.54) is 11.3 Å². The van der Waals surface area contributed by atoms with Crippen molar-refractivity contribution in [1.82, 2.24) is 10.0 Å². The monoisotopic (exact) mass is 330 g/mol. The van der Waals surface area contributed by atoms with E-state index in [0.717, 1.165) is 17.0 Å². The third-order valence-electron chi connectivity index (χ3n) is 2.83. The van der Waals surface area contributed by atoms with Gasteiger partial charge in [-0.15, -0.1) is 11.3 Å². The molecule has 1 unspecified atom stereocenters. The predicted octanol–water partition coefficient (Wildman–Crippen LogP) is 2.96. The molecule has 0 spiro atoms. The van der Waals surface area contributed by atoms with Crippen molar-refractivity contribution in [3.63, 3.8) is 0 Å². The van der Waals surface area contributed by atoms with Gasteiger partial charge in [0.25, 0.3) is 10.0 Å². The normalized spacial score (nSPS) is 13.5. The van der Waals surface area contributed by atoms with Gasteiger partial charge in [-0.1, -0.05) is 6.92 Å². The van der Waals surface area contributed by atoms with Crippen LogP contribution < -0.4 is 10.0 Å². The first-order valence-electron chi connectivity index (χ1n) is 6.37. The fourth-order valence-corrected chi connectivity index (χ4v) is 5.05. The molecule has 0 aliphatic rings. The summed E-state index contributed by atoms with van der Waals surface area (Å²) < 4.78 is 27.7. The van der Waals surface area contributed by atoms with E-state index < -0.39 is 10.0 Å². The van der Waals surface area contributed by atoms with Crippen LogP contribution in [-0.4, -0.2) is 15.0 Å². The van der Waals surface area contributed by atoms with E-state index in [4.69, 9.17) is 0 Å². The lowest BCUT2D eigenvalue weighted by molar-refractivity contribution is 0.569. The van der Waals surface area contributed by atoms with Crippen LogP contribution >= 0.6 is 22.7 Å². The summed E-state index contributed by atoms with van der Waals surface area (Å²) in [5.41, 5.74) is 0.989. The van der Waals surface area contributed by atoms with Crippen molar-refractivity contribution in [3.05, 3.63) is 39.4 Å². The second kappa shape index (κ2) is 6.82. The van der Waals surface area contributed by atoms with Crippen molar-refractivity contribution in [2.45, 2.75) is 30.6 Å². The summed E-state index contributed by atoms with van der Waals surface area (Å²) in [5, 5.41) is 7.09. The van der Waals surface area contributed by atoms with Gasteiger partial charge in [-0.2, -0.15) is 11.3 Å². The lowest BCUT2D eigenvalue weighted by atomic mass is 10.2. The molecule has 0 bridgehead atoms. The Morgan fingerprint density at radius 2 is 2.10 bits per heavy atom. The minimum atomic E-state index is -3.44. The fourth-order valence-electron chi connectivity index (χ4n) is 1.73. The Morgan fingerprint density at radius 3 is 2.75 bits per heavy atom. The Labute approximate surface area is 127 Å². The van der Waals surface area contributed by atoms with Crippen molar-refractivity contribution in [3.8, 4) is 0 Å². The van der Waals surface area contributed by atoms with E-state index >= 15 is 0 Å². The highest BCUT2D eigenvalue weighted by molar-refractivity contribution is 7.91. The molecule has 0 amide bonds. The molecule has 2 aromatic heterocycles. The molecule has 0 radical (unpaired) electrons. The van der Waals surface area contributed by atoms with E-state index in [1.54, 1.807) is 17.4 Å². The third kappa shape index (κ3) is 3.89. The molecular weight excluding hydrogens is 312 g/mol. The second-order valence-electron chi connectivity index (χ2n) is 4.40. The number of hydrogen-bond donors (Lipinski definition) is 2. The summed E-state index contributed by atoms with van der Waals surface area (Å²) in [7, 11) is -3.44. The average molecular weight is 330 g/mol. The van der Waals surface area contributed by atoms with Crippen molar-refractivity contribution in [2.24, 2.45) is 0 Å². The molecule has 110 valence electrons. The van der Waals surface area contributed by atoms with Gasteiger partial charge in [0.15, 0.2) is 0 Å². The summed E-state index contributed by atoms with van der Waals surface area (Å²) in [5.74, 6) is 0. The quantitative estimate of drug-likeness (QED) is 0.820. The molecule has 1 atom stereocenters. The molecule has 4 nitrogen and oxygen atoms in total. The zero-order chi connectivity index (χ0) is 14.6. The molecule has 0 fully saturated rings. The van der Waals surface area contributed by atoms with Gasteiger partial charge < -0.3 is 5.32 Å². The zero-order valence-electron chi connectivity index (χ0n) is 11.4. The van der Waals surface area contributed by atoms with Crippen LogP contribution in [0.1, 0.15) is 30.3 Å². The van der Waals surface area contributed by atoms with Crippen molar-refractivity contribution >= 4 is 32.7 Å². The van der Waals surface area contributed by atoms with Gasteiger partial charge in [0.05, 0.1) is 0 Å². The molecule has 2 rings (SSSR count). The predicted molar refractivity (Wildman–Crippen MR) is 84.8 cm³/mol. The van der Waals surface area contributed by atoms with Gasteiger partial charge in [-0.25, -0.2) is 13.1 Å². The molecule has 0 saturated carbocycles. The smallest absolute Gasteiger partial charge is 0.250 e. The van der Waals surface area contributed by atoms with Crippen LogP contribution in [0.3, 0.4) is 0 Å². The average Bonchev–Trinajstić information content (AvgIpc) is 3.07. The van der Waals surface area contributed by atoms with E-state index in [9.17, 15) is 8.42 Å². The van der Waals surface area contributed by atoms with Crippen LogP contribution in [0.5, 0.6) is 0 Å². The van der Waals surface area contributed by atoms with E-state index in [0.29, 0.717) is 10.8 Å². The molecule has 20 heavy (non-hydrogen) atoms. The minimum absolute atomic E-state index is 0.217. The zero-order valence-corrected chi connectivity index (χ0v) is 13.9. The van der Waals surface area contributed by atoms with Gasteiger partial charge in [-0.3, -0.25) is 0 Å². The second-order valence-corrected chi connectivity index (χ2v) is 8.29. The van der Waals surface area contributed by atoms with Crippen LogP contribution in [0.2, 0.25) is 0 Å². The Bertz CT molecular complexity index is 632. The van der Waals surface area contributed by atoms with E-state index in [1.807, 2.05) is 36.7 Å². The van der Waals surface area contributed by atoms with Gasteiger partial charge in [-0.05, 0) is 48.0 Å². The van der Waals surface area contributed by atoms with Crippen LogP contribution in [0.4, 0.5) is 0 Å². The maximum Gasteiger partial charge on any atom is 0.250 e. The number of thiophene rings is 2. The Morgan fingerprint density at radius 1 is 1.30 bits per heavy atom. The van der Waals surface area contributed by atoms with Crippen LogP contribution in [-0.2, 0) is 16.6 Å². The molecule has 0 aromatic carbocycles.